The molecule has 0 radical (unpaired) electrons. The summed E-state index contributed by atoms with van der Waals surface area (Å²) in [5.41, 5.74) is 1.67. The summed E-state index contributed by atoms with van der Waals surface area (Å²) in [6.07, 6.45) is 4.06. The molecule has 22 heavy (non-hydrogen) atoms. The van der Waals surface area contributed by atoms with E-state index >= 15 is 0 Å². The molecule has 1 unspecified atom stereocenters. The van der Waals surface area contributed by atoms with E-state index in [1.807, 2.05) is 24.3 Å². The summed E-state index contributed by atoms with van der Waals surface area (Å²) in [6.45, 7) is 4.48. The maximum Gasteiger partial charge on any atom is 0.298 e. The predicted octanol–water partition coefficient (Wildman–Crippen LogP) is 2.96. The molecule has 1 aliphatic heterocycles. The van der Waals surface area contributed by atoms with Gasteiger partial charge in [-0.25, -0.2) is 0 Å². The summed E-state index contributed by atoms with van der Waals surface area (Å²) in [5, 5.41) is 3.04. The molecular weight excluding hydrogens is 278 g/mol. The number of para-hydroxylation sites is 2. The normalized spacial score (nSPS) is 18.6. The van der Waals surface area contributed by atoms with Crippen LogP contribution in [-0.2, 0) is 4.79 Å². The van der Waals surface area contributed by atoms with Crippen LogP contribution >= 0.6 is 0 Å². The second-order valence-electron chi connectivity index (χ2n) is 5.89. The highest BCUT2D eigenvalue weighted by Crippen LogP contribution is 2.26. The Labute approximate surface area is 130 Å². The molecule has 2 aromatic rings. The number of nitrogens with one attached hydrogen (secondary N) is 1. The van der Waals surface area contributed by atoms with Crippen LogP contribution in [0.5, 0.6) is 0 Å². The monoisotopic (exact) mass is 301 g/mol. The maximum absolute atomic E-state index is 12.2. The molecule has 1 fully saturated rings. The van der Waals surface area contributed by atoms with Crippen LogP contribution in [0.3, 0.4) is 0 Å². The number of unbranched alkanes of at least 4 members (excludes halogenated alkanes) is 1. The van der Waals surface area contributed by atoms with Crippen LogP contribution in [0.15, 0.2) is 28.7 Å². The molecule has 5 heteroatoms. The van der Waals surface area contributed by atoms with E-state index in [-0.39, 0.29) is 11.8 Å². The molecule has 0 aliphatic carbocycles. The lowest BCUT2D eigenvalue weighted by molar-refractivity contribution is -0.125. The van der Waals surface area contributed by atoms with Crippen molar-refractivity contribution in [2.24, 2.45) is 5.92 Å². The Bertz CT molecular complexity index is 605. The molecule has 1 aliphatic rings. The van der Waals surface area contributed by atoms with Crippen molar-refractivity contribution in [1.82, 2.24) is 10.3 Å². The standard InChI is InChI=1S/C17H23N3O2/c1-2-3-10-18-16(21)13-7-6-11-20(12-13)17-19-14-8-4-5-9-15(14)22-17/h4-5,8-9,13H,2-3,6-7,10-12H2,1H3,(H,18,21). The number of anilines is 1. The van der Waals surface area contributed by atoms with Crippen molar-refractivity contribution < 1.29 is 9.21 Å². The zero-order valence-corrected chi connectivity index (χ0v) is 13.0. The summed E-state index contributed by atoms with van der Waals surface area (Å²) in [7, 11) is 0. The van der Waals surface area contributed by atoms with Crippen LogP contribution in [-0.4, -0.2) is 30.5 Å². The van der Waals surface area contributed by atoms with E-state index in [2.05, 4.69) is 22.1 Å². The van der Waals surface area contributed by atoms with E-state index in [4.69, 9.17) is 4.42 Å². The third-order valence-electron chi connectivity index (χ3n) is 4.17. The van der Waals surface area contributed by atoms with Crippen molar-refractivity contribution in [2.45, 2.75) is 32.6 Å². The zero-order valence-electron chi connectivity index (χ0n) is 13.0. The minimum atomic E-state index is 0.0284. The molecule has 118 valence electrons. The Hall–Kier alpha value is -2.04. The largest absolute Gasteiger partial charge is 0.423 e. The van der Waals surface area contributed by atoms with Crippen LogP contribution in [0.2, 0.25) is 0 Å². The van der Waals surface area contributed by atoms with Gasteiger partial charge in [-0.3, -0.25) is 4.79 Å². The van der Waals surface area contributed by atoms with E-state index in [1.165, 1.54) is 0 Å². The molecule has 1 aromatic carbocycles. The second-order valence-corrected chi connectivity index (χ2v) is 5.89. The Balaban J connectivity index is 1.66. The van der Waals surface area contributed by atoms with Gasteiger partial charge in [-0.05, 0) is 31.4 Å². The number of fused-ring (bicyclic) bond motifs is 1. The summed E-state index contributed by atoms with van der Waals surface area (Å²) in [5.74, 6) is 0.190. The number of benzene rings is 1. The topological polar surface area (TPSA) is 58.4 Å². The van der Waals surface area contributed by atoms with Gasteiger partial charge in [0.25, 0.3) is 6.01 Å². The summed E-state index contributed by atoms with van der Waals surface area (Å²) < 4.78 is 5.82. The quantitative estimate of drug-likeness (QED) is 0.863. The summed E-state index contributed by atoms with van der Waals surface area (Å²) in [4.78, 5) is 18.9. The first-order chi connectivity index (χ1) is 10.8. The fourth-order valence-corrected chi connectivity index (χ4v) is 2.89. The van der Waals surface area contributed by atoms with Crippen molar-refractivity contribution in [1.29, 1.82) is 0 Å². The van der Waals surface area contributed by atoms with Gasteiger partial charge in [0.05, 0.1) is 5.92 Å². The first kappa shape index (κ1) is 14.9. The minimum Gasteiger partial charge on any atom is -0.423 e. The maximum atomic E-state index is 12.2. The zero-order chi connectivity index (χ0) is 15.4. The lowest BCUT2D eigenvalue weighted by atomic mass is 9.97. The number of aromatic nitrogens is 1. The van der Waals surface area contributed by atoms with E-state index in [0.29, 0.717) is 12.6 Å². The number of oxazole rings is 1. The molecule has 1 saturated heterocycles. The van der Waals surface area contributed by atoms with Crippen LogP contribution in [0.4, 0.5) is 6.01 Å². The lowest BCUT2D eigenvalue weighted by Gasteiger charge is -2.30. The first-order valence-corrected chi connectivity index (χ1v) is 8.16. The average molecular weight is 301 g/mol. The van der Waals surface area contributed by atoms with Gasteiger partial charge < -0.3 is 14.6 Å². The Morgan fingerprint density at radius 1 is 1.45 bits per heavy atom. The summed E-state index contributed by atoms with van der Waals surface area (Å²) in [6, 6.07) is 8.39. The highest BCUT2D eigenvalue weighted by molar-refractivity contribution is 5.79. The third kappa shape index (κ3) is 3.24. The van der Waals surface area contributed by atoms with Gasteiger partial charge >= 0.3 is 0 Å². The molecular formula is C17H23N3O2. The Kier molecular flexibility index (Phi) is 4.61. The Morgan fingerprint density at radius 2 is 2.32 bits per heavy atom. The van der Waals surface area contributed by atoms with E-state index in [9.17, 15) is 4.79 Å². The van der Waals surface area contributed by atoms with Gasteiger partial charge in [0.2, 0.25) is 5.91 Å². The van der Waals surface area contributed by atoms with E-state index in [0.717, 1.165) is 49.9 Å². The third-order valence-corrected chi connectivity index (χ3v) is 4.17. The smallest absolute Gasteiger partial charge is 0.298 e. The predicted molar refractivity (Wildman–Crippen MR) is 86.9 cm³/mol. The van der Waals surface area contributed by atoms with Crippen molar-refractivity contribution in [3.05, 3.63) is 24.3 Å². The van der Waals surface area contributed by atoms with Crippen LogP contribution in [0.25, 0.3) is 11.1 Å². The fourth-order valence-electron chi connectivity index (χ4n) is 2.89. The molecule has 5 nitrogen and oxygen atoms in total. The molecule has 1 N–H and O–H groups in total. The van der Waals surface area contributed by atoms with Gasteiger partial charge in [-0.15, -0.1) is 0 Å². The van der Waals surface area contributed by atoms with Gasteiger partial charge in [0.15, 0.2) is 5.58 Å². The molecule has 1 aromatic heterocycles. The number of piperidine rings is 1. The SMILES string of the molecule is CCCCNC(=O)C1CCCN(c2nc3ccccc3o2)C1. The number of carbonyl (C=O) groups is 1. The summed E-state index contributed by atoms with van der Waals surface area (Å²) >= 11 is 0. The van der Waals surface area contributed by atoms with Crippen molar-refractivity contribution >= 4 is 23.0 Å². The molecule has 0 saturated carbocycles. The van der Waals surface area contributed by atoms with Crippen LogP contribution in [0.1, 0.15) is 32.6 Å². The highest BCUT2D eigenvalue weighted by Gasteiger charge is 2.27. The highest BCUT2D eigenvalue weighted by atomic mass is 16.4. The van der Waals surface area contributed by atoms with Crippen molar-refractivity contribution in [3.63, 3.8) is 0 Å². The number of amides is 1. The van der Waals surface area contributed by atoms with Crippen molar-refractivity contribution in [3.8, 4) is 0 Å². The van der Waals surface area contributed by atoms with Gasteiger partial charge in [0.1, 0.15) is 5.52 Å². The number of hydrogen-bond acceptors (Lipinski definition) is 4. The first-order valence-electron chi connectivity index (χ1n) is 8.16. The number of nitrogens with zero attached hydrogens (tertiary/aromatic N) is 2. The van der Waals surface area contributed by atoms with Crippen LogP contribution < -0.4 is 10.2 Å². The number of rotatable bonds is 5. The molecule has 3 rings (SSSR count). The average Bonchev–Trinajstić information content (AvgIpc) is 2.99. The van der Waals surface area contributed by atoms with Crippen LogP contribution in [0, 0.1) is 5.92 Å². The van der Waals surface area contributed by atoms with Gasteiger partial charge in [-0.1, -0.05) is 25.5 Å². The molecule has 0 spiro atoms. The molecule has 2 heterocycles. The van der Waals surface area contributed by atoms with E-state index < -0.39 is 0 Å². The molecule has 0 bridgehead atoms. The van der Waals surface area contributed by atoms with Gasteiger partial charge in [0, 0.05) is 19.6 Å². The number of hydrogen-bond donors (Lipinski definition) is 1. The number of carbonyl (C=O) groups excluding carboxylic acids is 1. The fraction of sp³-hybridized carbons (Fsp3) is 0.529. The Morgan fingerprint density at radius 3 is 3.14 bits per heavy atom. The lowest BCUT2D eigenvalue weighted by Crippen LogP contribution is -2.43. The molecule has 1 amide bonds. The minimum absolute atomic E-state index is 0.0284. The van der Waals surface area contributed by atoms with Crippen molar-refractivity contribution in [2.75, 3.05) is 24.5 Å². The second kappa shape index (κ2) is 6.81. The van der Waals surface area contributed by atoms with Gasteiger partial charge in [-0.2, -0.15) is 4.98 Å². The van der Waals surface area contributed by atoms with E-state index in [1.54, 1.807) is 0 Å². The molecule has 1 atom stereocenters.